The molecule has 1 N–H and O–H groups in total. The molecular weight excluding hydrogens is 364 g/mol. The minimum atomic E-state index is -0.169. The van der Waals surface area contributed by atoms with E-state index in [4.69, 9.17) is 5.26 Å². The van der Waals surface area contributed by atoms with E-state index in [2.05, 4.69) is 25.9 Å². The summed E-state index contributed by atoms with van der Waals surface area (Å²) in [6.45, 7) is 0.688. The molecule has 0 fully saturated rings. The van der Waals surface area contributed by atoms with Gasteiger partial charge >= 0.3 is 0 Å². The molecule has 0 aliphatic rings. The van der Waals surface area contributed by atoms with Crippen molar-refractivity contribution in [2.75, 3.05) is 25.5 Å². The first-order valence-electron chi connectivity index (χ1n) is 9.30. The van der Waals surface area contributed by atoms with Gasteiger partial charge in [-0.15, -0.1) is 0 Å². The Morgan fingerprint density at radius 3 is 2.86 bits per heavy atom. The minimum absolute atomic E-state index is 0.0542. The molecule has 0 saturated heterocycles. The van der Waals surface area contributed by atoms with Gasteiger partial charge in [0.2, 0.25) is 11.9 Å². The van der Waals surface area contributed by atoms with E-state index in [0.29, 0.717) is 12.5 Å². The maximum atomic E-state index is 12.2. The van der Waals surface area contributed by atoms with Crippen LogP contribution >= 0.6 is 0 Å². The number of pyridine rings is 1. The van der Waals surface area contributed by atoms with E-state index in [-0.39, 0.29) is 19.0 Å². The predicted molar refractivity (Wildman–Crippen MR) is 112 cm³/mol. The number of hydrogen-bond acceptors (Lipinski definition) is 5. The van der Waals surface area contributed by atoms with E-state index in [0.717, 1.165) is 27.5 Å². The van der Waals surface area contributed by atoms with Crippen LogP contribution in [0.5, 0.6) is 0 Å². The number of carbonyl (C=O) groups excluding carboxylic acids is 1. The number of hydrogen-bond donors (Lipinski definition) is 1. The molecule has 1 amide bonds. The Balaban J connectivity index is 1.69. The standard InChI is InChI=1S/C22H20N6O/c1-27(13-11-23)20(29)14-25-22-26-18-9-2-3-10-19(18)28(22)15-17-7-4-6-16-8-5-12-24-21(16)17/h2-10,12H,13-15H2,1H3,(H,25,26). The highest BCUT2D eigenvalue weighted by atomic mass is 16.2. The third-order valence-corrected chi connectivity index (χ3v) is 4.83. The zero-order valence-electron chi connectivity index (χ0n) is 16.0. The highest BCUT2D eigenvalue weighted by Crippen LogP contribution is 2.24. The van der Waals surface area contributed by atoms with Gasteiger partial charge in [0.25, 0.3) is 0 Å². The second-order valence-corrected chi connectivity index (χ2v) is 6.76. The molecule has 0 saturated carbocycles. The predicted octanol–water partition coefficient (Wildman–Crippen LogP) is 3.03. The SMILES string of the molecule is CN(CC#N)C(=O)CNc1nc2ccccc2n1Cc1cccc2cccnc12. The molecule has 0 radical (unpaired) electrons. The van der Waals surface area contributed by atoms with Gasteiger partial charge in [0.1, 0.15) is 6.54 Å². The van der Waals surface area contributed by atoms with E-state index in [9.17, 15) is 4.79 Å². The second kappa shape index (κ2) is 7.98. The zero-order chi connectivity index (χ0) is 20.2. The normalized spacial score (nSPS) is 10.8. The van der Waals surface area contributed by atoms with Crippen LogP contribution in [-0.4, -0.2) is 45.5 Å². The summed E-state index contributed by atoms with van der Waals surface area (Å²) in [7, 11) is 1.61. The Bertz CT molecular complexity index is 1220. The zero-order valence-corrected chi connectivity index (χ0v) is 16.0. The highest BCUT2D eigenvalue weighted by Gasteiger charge is 2.15. The summed E-state index contributed by atoms with van der Waals surface area (Å²) in [5, 5.41) is 13.0. The molecule has 4 rings (SSSR count). The number of nitrogens with one attached hydrogen (secondary N) is 1. The molecule has 2 aromatic carbocycles. The maximum Gasteiger partial charge on any atom is 0.242 e. The van der Waals surface area contributed by atoms with Crippen molar-refractivity contribution in [3.05, 3.63) is 66.4 Å². The summed E-state index contributed by atoms with van der Waals surface area (Å²) in [6.07, 6.45) is 1.79. The van der Waals surface area contributed by atoms with Gasteiger partial charge in [-0.3, -0.25) is 9.78 Å². The van der Waals surface area contributed by atoms with Crippen molar-refractivity contribution in [2.24, 2.45) is 0 Å². The summed E-state index contributed by atoms with van der Waals surface area (Å²) in [4.78, 5) is 22.8. The van der Waals surface area contributed by atoms with Gasteiger partial charge in [-0.1, -0.05) is 36.4 Å². The van der Waals surface area contributed by atoms with Gasteiger partial charge in [-0.25, -0.2) is 4.98 Å². The molecule has 0 atom stereocenters. The maximum absolute atomic E-state index is 12.2. The smallest absolute Gasteiger partial charge is 0.242 e. The van der Waals surface area contributed by atoms with E-state index in [1.165, 1.54) is 4.90 Å². The van der Waals surface area contributed by atoms with Crippen molar-refractivity contribution >= 4 is 33.8 Å². The molecule has 0 aliphatic heterocycles. The first-order chi connectivity index (χ1) is 14.2. The van der Waals surface area contributed by atoms with Gasteiger partial charge in [-0.2, -0.15) is 5.26 Å². The fourth-order valence-corrected chi connectivity index (χ4v) is 3.32. The number of amides is 1. The topological polar surface area (TPSA) is 86.8 Å². The summed E-state index contributed by atoms with van der Waals surface area (Å²) in [5.74, 6) is 0.440. The monoisotopic (exact) mass is 384 g/mol. The molecule has 7 heteroatoms. The number of rotatable bonds is 6. The summed E-state index contributed by atoms with van der Waals surface area (Å²) in [6, 6.07) is 19.9. The molecule has 0 spiro atoms. The van der Waals surface area contributed by atoms with Crippen molar-refractivity contribution in [1.82, 2.24) is 19.4 Å². The number of nitrogens with zero attached hydrogens (tertiary/aromatic N) is 5. The summed E-state index contributed by atoms with van der Waals surface area (Å²) < 4.78 is 2.05. The van der Waals surface area contributed by atoms with Crippen LogP contribution in [0.3, 0.4) is 0 Å². The number of aromatic nitrogens is 3. The molecule has 7 nitrogen and oxygen atoms in total. The first kappa shape index (κ1) is 18.4. The van der Waals surface area contributed by atoms with Gasteiger partial charge in [0.15, 0.2) is 0 Å². The lowest BCUT2D eigenvalue weighted by atomic mass is 10.1. The van der Waals surface area contributed by atoms with Crippen LogP contribution in [0.4, 0.5) is 5.95 Å². The Kier molecular flexibility index (Phi) is 5.08. The quantitative estimate of drug-likeness (QED) is 0.516. The summed E-state index contributed by atoms with van der Waals surface area (Å²) >= 11 is 0. The Labute approximate surface area is 168 Å². The lowest BCUT2D eigenvalue weighted by molar-refractivity contribution is -0.127. The lowest BCUT2D eigenvalue weighted by Gasteiger charge is -2.15. The average molecular weight is 384 g/mol. The molecule has 0 aliphatic carbocycles. The lowest BCUT2D eigenvalue weighted by Crippen LogP contribution is -2.33. The Morgan fingerprint density at radius 1 is 1.17 bits per heavy atom. The van der Waals surface area contributed by atoms with Crippen molar-refractivity contribution in [2.45, 2.75) is 6.54 Å². The molecule has 2 heterocycles. The molecule has 0 bridgehead atoms. The van der Waals surface area contributed by atoms with Crippen LogP contribution < -0.4 is 5.32 Å². The van der Waals surface area contributed by atoms with E-state index < -0.39 is 0 Å². The number of imidazole rings is 1. The summed E-state index contributed by atoms with van der Waals surface area (Å²) in [5.41, 5.74) is 3.84. The molecular formula is C22H20N6O. The van der Waals surface area contributed by atoms with Gasteiger partial charge in [-0.05, 0) is 23.8 Å². The highest BCUT2D eigenvalue weighted by molar-refractivity contribution is 5.84. The van der Waals surface area contributed by atoms with Crippen LogP contribution in [0.2, 0.25) is 0 Å². The van der Waals surface area contributed by atoms with Crippen molar-refractivity contribution < 1.29 is 4.79 Å². The van der Waals surface area contributed by atoms with E-state index in [1.807, 2.05) is 54.6 Å². The number of fused-ring (bicyclic) bond motifs is 2. The second-order valence-electron chi connectivity index (χ2n) is 6.76. The third-order valence-electron chi connectivity index (χ3n) is 4.83. The molecule has 29 heavy (non-hydrogen) atoms. The van der Waals surface area contributed by atoms with Crippen LogP contribution in [0.1, 0.15) is 5.56 Å². The van der Waals surface area contributed by atoms with Crippen LogP contribution in [-0.2, 0) is 11.3 Å². The molecule has 2 aromatic heterocycles. The van der Waals surface area contributed by atoms with E-state index >= 15 is 0 Å². The van der Waals surface area contributed by atoms with Gasteiger partial charge < -0.3 is 14.8 Å². The number of likely N-dealkylation sites (N-methyl/N-ethyl adjacent to an activating group) is 1. The largest absolute Gasteiger partial charge is 0.347 e. The molecule has 4 aromatic rings. The fourth-order valence-electron chi connectivity index (χ4n) is 3.32. The molecule has 144 valence electrons. The minimum Gasteiger partial charge on any atom is -0.347 e. The van der Waals surface area contributed by atoms with Crippen molar-refractivity contribution in [3.63, 3.8) is 0 Å². The van der Waals surface area contributed by atoms with E-state index in [1.54, 1.807) is 13.2 Å². The van der Waals surface area contributed by atoms with Crippen LogP contribution in [0, 0.1) is 11.3 Å². The number of anilines is 1. The van der Waals surface area contributed by atoms with Crippen molar-refractivity contribution in [3.8, 4) is 6.07 Å². The molecule has 0 unspecified atom stereocenters. The fraction of sp³-hybridized carbons (Fsp3) is 0.182. The van der Waals surface area contributed by atoms with Gasteiger partial charge in [0.05, 0.1) is 35.7 Å². The number of carbonyl (C=O) groups is 1. The number of nitriles is 1. The van der Waals surface area contributed by atoms with Gasteiger partial charge in [0, 0.05) is 18.6 Å². The first-order valence-corrected chi connectivity index (χ1v) is 9.30. The number of para-hydroxylation sites is 3. The van der Waals surface area contributed by atoms with Crippen LogP contribution in [0.15, 0.2) is 60.8 Å². The van der Waals surface area contributed by atoms with Crippen molar-refractivity contribution in [1.29, 1.82) is 5.26 Å². The van der Waals surface area contributed by atoms with Crippen LogP contribution in [0.25, 0.3) is 21.9 Å². The third kappa shape index (κ3) is 3.73. The number of benzene rings is 2. The average Bonchev–Trinajstić information content (AvgIpc) is 3.10. The Morgan fingerprint density at radius 2 is 2.00 bits per heavy atom. The Hall–Kier alpha value is -3.92.